The summed E-state index contributed by atoms with van der Waals surface area (Å²) in [6.45, 7) is 4.51. The van der Waals surface area contributed by atoms with Gasteiger partial charge in [0.1, 0.15) is 11.4 Å². The minimum Gasteiger partial charge on any atom is -0.490 e. The fourth-order valence-electron chi connectivity index (χ4n) is 2.39. The number of likely N-dealkylation sites (N-methyl/N-ethyl adjacent to an activating group) is 1. The number of amides is 1. The average molecular weight is 311 g/mol. The lowest BCUT2D eigenvalue weighted by Gasteiger charge is -2.33. The number of aromatic nitrogens is 2. The molecule has 8 heteroatoms. The predicted molar refractivity (Wildman–Crippen MR) is 77.5 cm³/mol. The second kappa shape index (κ2) is 6.05. The van der Waals surface area contributed by atoms with Crippen molar-refractivity contribution in [3.05, 3.63) is 21.9 Å². The highest BCUT2D eigenvalue weighted by Crippen LogP contribution is 2.27. The Hall–Kier alpha value is -1.93. The van der Waals surface area contributed by atoms with Crippen LogP contribution in [-0.2, 0) is 32.9 Å². The van der Waals surface area contributed by atoms with Crippen molar-refractivity contribution in [1.82, 2.24) is 14.6 Å². The van der Waals surface area contributed by atoms with Gasteiger partial charge in [-0.15, -0.1) is 0 Å². The minimum absolute atomic E-state index is 0.0827. The molecule has 1 aliphatic heterocycles. The van der Waals surface area contributed by atoms with Crippen molar-refractivity contribution in [2.75, 3.05) is 27.9 Å². The topological polar surface area (TPSA) is 82.9 Å². The second-order valence-electron chi connectivity index (χ2n) is 5.48. The molecule has 1 aromatic rings. The molecule has 2 heterocycles. The number of ether oxygens (including phenoxy) is 2. The molecule has 22 heavy (non-hydrogen) atoms. The third-order valence-corrected chi connectivity index (χ3v) is 3.66. The summed E-state index contributed by atoms with van der Waals surface area (Å²) in [6.07, 6.45) is -0.0906. The first kappa shape index (κ1) is 16.4. The van der Waals surface area contributed by atoms with Crippen molar-refractivity contribution >= 4 is 5.91 Å². The molecule has 0 unspecified atom stereocenters. The van der Waals surface area contributed by atoms with E-state index in [0.717, 1.165) is 5.06 Å². The molecule has 1 aliphatic rings. The first-order valence-electron chi connectivity index (χ1n) is 6.94. The molecule has 0 saturated carbocycles. The third kappa shape index (κ3) is 2.84. The fourth-order valence-corrected chi connectivity index (χ4v) is 2.39. The van der Waals surface area contributed by atoms with E-state index >= 15 is 0 Å². The van der Waals surface area contributed by atoms with Crippen LogP contribution in [0.5, 0.6) is 5.75 Å². The lowest BCUT2D eigenvalue weighted by atomic mass is 10.1. The first-order chi connectivity index (χ1) is 10.3. The van der Waals surface area contributed by atoms with E-state index in [2.05, 4.69) is 4.98 Å². The van der Waals surface area contributed by atoms with Crippen LogP contribution in [0.3, 0.4) is 0 Å². The lowest BCUT2D eigenvalue weighted by molar-refractivity contribution is -0.167. The molecule has 0 bridgehead atoms. The summed E-state index contributed by atoms with van der Waals surface area (Å²) in [5.41, 5.74) is -0.716. The van der Waals surface area contributed by atoms with E-state index in [1.165, 1.54) is 25.8 Å². The predicted octanol–water partition coefficient (Wildman–Crippen LogP) is 0.0795. The van der Waals surface area contributed by atoms with Crippen LogP contribution in [0.1, 0.15) is 25.4 Å². The van der Waals surface area contributed by atoms with Crippen LogP contribution in [0.4, 0.5) is 0 Å². The summed E-state index contributed by atoms with van der Waals surface area (Å²) in [4.78, 5) is 33.9. The largest absolute Gasteiger partial charge is 0.490 e. The van der Waals surface area contributed by atoms with E-state index in [0.29, 0.717) is 19.0 Å². The monoisotopic (exact) mass is 311 g/mol. The minimum atomic E-state index is -0.700. The Kier molecular flexibility index (Phi) is 4.52. The van der Waals surface area contributed by atoms with Crippen molar-refractivity contribution in [2.24, 2.45) is 0 Å². The van der Waals surface area contributed by atoms with E-state index < -0.39 is 5.60 Å². The van der Waals surface area contributed by atoms with Gasteiger partial charge in [0.25, 0.3) is 11.5 Å². The quantitative estimate of drug-likeness (QED) is 0.732. The van der Waals surface area contributed by atoms with Gasteiger partial charge in [-0.2, -0.15) is 0 Å². The summed E-state index contributed by atoms with van der Waals surface area (Å²) in [7, 11) is 4.28. The summed E-state index contributed by atoms with van der Waals surface area (Å²) in [5.74, 6) is 0.249. The highest BCUT2D eigenvalue weighted by Gasteiger charge is 2.33. The highest BCUT2D eigenvalue weighted by atomic mass is 16.7. The smallest absolute Gasteiger partial charge is 0.296 e. The molecule has 8 nitrogen and oxygen atoms in total. The molecule has 0 N–H and O–H groups in total. The normalized spacial score (nSPS) is 16.0. The SMILES string of the molecule is COc1c(CC(=O)N(C)OC)nc2n(c1=O)CCOC2(C)C. The van der Waals surface area contributed by atoms with E-state index in [1.54, 1.807) is 0 Å². The number of rotatable bonds is 4. The lowest BCUT2D eigenvalue weighted by Crippen LogP contribution is -2.42. The zero-order valence-electron chi connectivity index (χ0n) is 13.5. The molecule has 0 spiro atoms. The Balaban J connectivity index is 2.53. The molecule has 1 aromatic heterocycles. The summed E-state index contributed by atoms with van der Waals surface area (Å²) >= 11 is 0. The number of carbonyl (C=O) groups is 1. The van der Waals surface area contributed by atoms with Crippen LogP contribution in [0.25, 0.3) is 0 Å². The van der Waals surface area contributed by atoms with Gasteiger partial charge in [0.15, 0.2) is 0 Å². The molecule has 0 saturated heterocycles. The second-order valence-corrected chi connectivity index (χ2v) is 5.48. The van der Waals surface area contributed by atoms with Gasteiger partial charge < -0.3 is 9.47 Å². The average Bonchev–Trinajstić information content (AvgIpc) is 2.47. The standard InChI is InChI=1S/C14H21N3O5/c1-14(2)13-15-9(8-10(18)16(3)21-5)11(20-4)12(19)17(13)6-7-22-14/h6-8H2,1-5H3. The maximum Gasteiger partial charge on any atom is 0.296 e. The van der Waals surface area contributed by atoms with E-state index in [-0.39, 0.29) is 29.3 Å². The van der Waals surface area contributed by atoms with Gasteiger partial charge in [0.05, 0.1) is 39.5 Å². The van der Waals surface area contributed by atoms with Crippen molar-refractivity contribution < 1.29 is 19.1 Å². The molecule has 2 rings (SSSR count). The third-order valence-electron chi connectivity index (χ3n) is 3.66. The number of hydrogen-bond donors (Lipinski definition) is 0. The van der Waals surface area contributed by atoms with Crippen LogP contribution < -0.4 is 10.3 Å². The van der Waals surface area contributed by atoms with Crippen molar-refractivity contribution in [2.45, 2.75) is 32.4 Å². The maximum atomic E-state index is 12.6. The van der Waals surface area contributed by atoms with Crippen LogP contribution >= 0.6 is 0 Å². The van der Waals surface area contributed by atoms with E-state index in [4.69, 9.17) is 14.3 Å². The van der Waals surface area contributed by atoms with Gasteiger partial charge >= 0.3 is 0 Å². The molecular weight excluding hydrogens is 290 g/mol. The molecule has 122 valence electrons. The molecule has 0 atom stereocenters. The van der Waals surface area contributed by atoms with Gasteiger partial charge in [-0.1, -0.05) is 0 Å². The molecule has 0 aliphatic carbocycles. The summed E-state index contributed by atoms with van der Waals surface area (Å²) in [5, 5.41) is 1.08. The Morgan fingerprint density at radius 3 is 2.73 bits per heavy atom. The summed E-state index contributed by atoms with van der Waals surface area (Å²) in [6, 6.07) is 0. The maximum absolute atomic E-state index is 12.6. The van der Waals surface area contributed by atoms with Crippen LogP contribution in [0, 0.1) is 0 Å². The van der Waals surface area contributed by atoms with Gasteiger partial charge in [-0.05, 0) is 13.8 Å². The highest BCUT2D eigenvalue weighted by molar-refractivity contribution is 5.77. The van der Waals surface area contributed by atoms with Crippen molar-refractivity contribution in [1.29, 1.82) is 0 Å². The Morgan fingerprint density at radius 1 is 1.45 bits per heavy atom. The van der Waals surface area contributed by atoms with Crippen LogP contribution in [0.15, 0.2) is 4.79 Å². The van der Waals surface area contributed by atoms with Crippen molar-refractivity contribution in [3.8, 4) is 5.75 Å². The number of carbonyl (C=O) groups excluding carboxylic acids is 1. The number of hydroxylamine groups is 2. The molecule has 0 aromatic carbocycles. The molecular formula is C14H21N3O5. The number of nitrogens with zero attached hydrogens (tertiary/aromatic N) is 3. The van der Waals surface area contributed by atoms with Gasteiger partial charge in [-0.3, -0.25) is 19.0 Å². The Labute approximate surface area is 128 Å². The van der Waals surface area contributed by atoms with Gasteiger partial charge in [0.2, 0.25) is 5.75 Å². The molecule has 0 radical (unpaired) electrons. The van der Waals surface area contributed by atoms with Crippen LogP contribution in [0.2, 0.25) is 0 Å². The first-order valence-corrected chi connectivity index (χ1v) is 6.94. The zero-order chi connectivity index (χ0) is 16.5. The number of hydrogen-bond acceptors (Lipinski definition) is 6. The Bertz CT molecular complexity index is 638. The fraction of sp³-hybridized carbons (Fsp3) is 0.643. The summed E-state index contributed by atoms with van der Waals surface area (Å²) < 4.78 is 12.4. The number of fused-ring (bicyclic) bond motifs is 1. The number of methoxy groups -OCH3 is 1. The van der Waals surface area contributed by atoms with Crippen molar-refractivity contribution in [3.63, 3.8) is 0 Å². The van der Waals surface area contributed by atoms with E-state index in [9.17, 15) is 9.59 Å². The molecule has 0 fully saturated rings. The van der Waals surface area contributed by atoms with Gasteiger partial charge in [0, 0.05) is 7.05 Å². The Morgan fingerprint density at radius 2 is 2.14 bits per heavy atom. The van der Waals surface area contributed by atoms with Gasteiger partial charge in [-0.25, -0.2) is 10.0 Å². The zero-order valence-corrected chi connectivity index (χ0v) is 13.5. The molecule has 1 amide bonds. The van der Waals surface area contributed by atoms with Crippen LogP contribution in [-0.4, -0.2) is 48.4 Å². The van der Waals surface area contributed by atoms with E-state index in [1.807, 2.05) is 13.8 Å².